The lowest BCUT2D eigenvalue weighted by molar-refractivity contribution is -0.119. The van der Waals surface area contributed by atoms with E-state index in [1.54, 1.807) is 24.4 Å². The van der Waals surface area contributed by atoms with Gasteiger partial charge in [0.1, 0.15) is 0 Å². The number of nitrogens with zero attached hydrogens (tertiary/aromatic N) is 5. The smallest absolute Gasteiger partial charge is 0.269 e. The van der Waals surface area contributed by atoms with Crippen molar-refractivity contribution in [2.75, 3.05) is 19.0 Å². The number of anilines is 2. The van der Waals surface area contributed by atoms with Gasteiger partial charge < -0.3 is 20.5 Å². The van der Waals surface area contributed by atoms with Crippen molar-refractivity contribution >= 4 is 23.8 Å². The van der Waals surface area contributed by atoms with Crippen molar-refractivity contribution in [3.05, 3.63) is 54.1 Å². The van der Waals surface area contributed by atoms with Crippen LogP contribution in [-0.4, -0.2) is 46.2 Å². The minimum Gasteiger partial charge on any atom is -0.493 e. The van der Waals surface area contributed by atoms with Gasteiger partial charge in [-0.3, -0.25) is 4.79 Å². The molecule has 27 heavy (non-hydrogen) atoms. The summed E-state index contributed by atoms with van der Waals surface area (Å²) in [4.78, 5) is 12.2. The molecule has 0 saturated carbocycles. The average Bonchev–Trinajstić information content (AvgIpc) is 3.12. The monoisotopic (exact) mass is 367 g/mol. The third kappa shape index (κ3) is 4.78. The highest BCUT2D eigenvalue weighted by Gasteiger charge is 2.08. The molecule has 0 bridgehead atoms. The van der Waals surface area contributed by atoms with Crippen LogP contribution in [0.1, 0.15) is 5.56 Å². The number of ether oxygens (including phenoxy) is 2. The van der Waals surface area contributed by atoms with E-state index in [1.165, 1.54) is 11.9 Å². The van der Waals surface area contributed by atoms with Crippen LogP contribution in [0.5, 0.6) is 11.5 Å². The summed E-state index contributed by atoms with van der Waals surface area (Å²) >= 11 is 0. The van der Waals surface area contributed by atoms with Gasteiger partial charge in [-0.2, -0.15) is 5.10 Å². The molecule has 0 radical (unpaired) electrons. The predicted octanol–water partition coefficient (Wildman–Crippen LogP) is 1.17. The maximum atomic E-state index is 10.9. The number of amides is 1. The molecule has 1 aromatic heterocycles. The molecule has 3 N–H and O–H groups in total. The van der Waals surface area contributed by atoms with Gasteiger partial charge in [0.15, 0.2) is 18.1 Å². The molecule has 1 heterocycles. The summed E-state index contributed by atoms with van der Waals surface area (Å²) in [5.74, 6) is 0.624. The number of rotatable bonds is 8. The van der Waals surface area contributed by atoms with E-state index in [4.69, 9.17) is 15.2 Å². The molecule has 0 atom stereocenters. The second kappa shape index (κ2) is 8.43. The lowest BCUT2D eigenvalue weighted by Crippen LogP contribution is -2.20. The molecule has 3 aromatic rings. The van der Waals surface area contributed by atoms with Crippen LogP contribution in [0.15, 0.2) is 53.6 Å². The number of para-hydroxylation sites is 1. The Hall–Kier alpha value is -3.95. The Bertz CT molecular complexity index is 941. The molecule has 0 unspecified atom stereocenters. The maximum Gasteiger partial charge on any atom is 0.269 e. The van der Waals surface area contributed by atoms with Crippen LogP contribution in [0.2, 0.25) is 0 Å². The molecular weight excluding hydrogens is 350 g/mol. The van der Waals surface area contributed by atoms with Crippen molar-refractivity contribution in [3.8, 4) is 11.5 Å². The first-order valence-electron chi connectivity index (χ1n) is 7.89. The average molecular weight is 367 g/mol. The maximum absolute atomic E-state index is 10.9. The van der Waals surface area contributed by atoms with E-state index in [0.717, 1.165) is 5.69 Å². The zero-order valence-corrected chi connectivity index (χ0v) is 14.4. The van der Waals surface area contributed by atoms with E-state index >= 15 is 0 Å². The number of nitrogens with two attached hydrogens (primary N) is 1. The largest absolute Gasteiger partial charge is 0.493 e. The fourth-order valence-corrected chi connectivity index (χ4v) is 2.14. The summed E-state index contributed by atoms with van der Waals surface area (Å²) < 4.78 is 10.5. The van der Waals surface area contributed by atoms with Gasteiger partial charge in [0.25, 0.3) is 11.9 Å². The van der Waals surface area contributed by atoms with E-state index in [9.17, 15) is 4.79 Å². The number of hydrogen-bond acceptors (Lipinski definition) is 8. The first-order chi connectivity index (χ1) is 13.2. The third-order valence-electron chi connectivity index (χ3n) is 3.36. The highest BCUT2D eigenvalue weighted by atomic mass is 16.5. The van der Waals surface area contributed by atoms with Crippen molar-refractivity contribution in [3.63, 3.8) is 0 Å². The van der Waals surface area contributed by atoms with Gasteiger partial charge in [0.05, 0.1) is 13.3 Å². The highest BCUT2D eigenvalue weighted by Crippen LogP contribution is 2.27. The molecule has 1 amide bonds. The Labute approximate surface area is 154 Å². The Kier molecular flexibility index (Phi) is 5.57. The van der Waals surface area contributed by atoms with Gasteiger partial charge in [-0.05, 0) is 46.3 Å². The number of nitrogens with one attached hydrogen (secondary N) is 1. The Morgan fingerprint density at radius 1 is 1.26 bits per heavy atom. The van der Waals surface area contributed by atoms with Crippen LogP contribution in [0, 0.1) is 0 Å². The number of aromatic nitrogens is 4. The zero-order chi connectivity index (χ0) is 19.1. The molecule has 0 spiro atoms. The molecule has 0 saturated heterocycles. The normalized spacial score (nSPS) is 10.7. The number of tetrazole rings is 1. The molecule has 0 aliphatic heterocycles. The second-order valence-corrected chi connectivity index (χ2v) is 5.29. The van der Waals surface area contributed by atoms with Crippen LogP contribution in [0.3, 0.4) is 0 Å². The first kappa shape index (κ1) is 17.9. The molecule has 3 rings (SSSR count). The molecule has 10 heteroatoms. The third-order valence-corrected chi connectivity index (χ3v) is 3.36. The van der Waals surface area contributed by atoms with Crippen molar-refractivity contribution < 1.29 is 14.3 Å². The van der Waals surface area contributed by atoms with Crippen LogP contribution in [0.4, 0.5) is 11.6 Å². The summed E-state index contributed by atoms with van der Waals surface area (Å²) in [6.07, 6.45) is 1.54. The molecule has 0 aliphatic rings. The number of methoxy groups -OCH3 is 1. The van der Waals surface area contributed by atoms with Gasteiger partial charge >= 0.3 is 0 Å². The lowest BCUT2D eigenvalue weighted by Gasteiger charge is -2.09. The fourth-order valence-electron chi connectivity index (χ4n) is 2.14. The zero-order valence-electron chi connectivity index (χ0n) is 14.4. The molecule has 10 nitrogen and oxygen atoms in total. The van der Waals surface area contributed by atoms with E-state index < -0.39 is 5.91 Å². The van der Waals surface area contributed by atoms with Crippen LogP contribution in [0.25, 0.3) is 0 Å². The minimum absolute atomic E-state index is 0.255. The number of benzene rings is 2. The van der Waals surface area contributed by atoms with E-state index in [0.29, 0.717) is 23.0 Å². The summed E-state index contributed by atoms with van der Waals surface area (Å²) in [5.41, 5.74) is 6.63. The molecule has 0 fully saturated rings. The first-order valence-corrected chi connectivity index (χ1v) is 7.89. The van der Waals surface area contributed by atoms with Gasteiger partial charge in [-0.15, -0.1) is 0 Å². The number of carbonyl (C=O) groups excluding carboxylic acids is 1. The number of primary amides is 1. The molecule has 2 aromatic carbocycles. The Balaban J connectivity index is 1.77. The molecule has 0 aliphatic carbocycles. The topological polar surface area (TPSA) is 130 Å². The minimum atomic E-state index is -0.582. The lowest BCUT2D eigenvalue weighted by atomic mass is 10.2. The Morgan fingerprint density at radius 3 is 2.81 bits per heavy atom. The van der Waals surface area contributed by atoms with Crippen molar-refractivity contribution in [1.82, 2.24) is 20.3 Å². The van der Waals surface area contributed by atoms with E-state index in [-0.39, 0.29) is 6.61 Å². The second-order valence-electron chi connectivity index (χ2n) is 5.29. The van der Waals surface area contributed by atoms with Crippen LogP contribution >= 0.6 is 0 Å². The standard InChI is InChI=1S/C17H17N7O3/c1-26-14-8-7-12(9-15(14)27-11-16(18)25)10-19-24-17(21-22-23-24)20-13-5-3-2-4-6-13/h2-10H,11H2,1H3,(H2,18,25)(H,20,21,23). The van der Waals surface area contributed by atoms with Gasteiger partial charge in [-0.25, -0.2) is 0 Å². The van der Waals surface area contributed by atoms with Crippen LogP contribution < -0.4 is 20.5 Å². The van der Waals surface area contributed by atoms with Crippen LogP contribution in [-0.2, 0) is 4.79 Å². The quantitative estimate of drug-likeness (QED) is 0.572. The SMILES string of the molecule is COc1ccc(C=Nn2nnnc2Nc2ccccc2)cc1OCC(N)=O. The van der Waals surface area contributed by atoms with Crippen molar-refractivity contribution in [2.45, 2.75) is 0 Å². The van der Waals surface area contributed by atoms with E-state index in [2.05, 4.69) is 25.9 Å². The van der Waals surface area contributed by atoms with Gasteiger partial charge in [0.2, 0.25) is 0 Å². The summed E-state index contributed by atoms with van der Waals surface area (Å²) in [6, 6.07) is 14.6. The fraction of sp³-hybridized carbons (Fsp3) is 0.118. The molecule has 138 valence electrons. The summed E-state index contributed by atoms with van der Waals surface area (Å²) in [7, 11) is 1.50. The van der Waals surface area contributed by atoms with Gasteiger partial charge in [0, 0.05) is 5.69 Å². The van der Waals surface area contributed by atoms with Crippen molar-refractivity contribution in [2.24, 2.45) is 10.8 Å². The highest BCUT2D eigenvalue weighted by molar-refractivity contribution is 5.81. The molecular formula is C17H17N7O3. The number of carbonyl (C=O) groups is 1. The van der Waals surface area contributed by atoms with Gasteiger partial charge in [-0.1, -0.05) is 28.1 Å². The number of hydrogen-bond donors (Lipinski definition) is 2. The van der Waals surface area contributed by atoms with E-state index in [1.807, 2.05) is 30.3 Å². The predicted molar refractivity (Wildman–Crippen MR) is 98.2 cm³/mol. The summed E-state index contributed by atoms with van der Waals surface area (Å²) in [6.45, 7) is -0.255. The Morgan fingerprint density at radius 2 is 2.07 bits per heavy atom. The van der Waals surface area contributed by atoms with Crippen molar-refractivity contribution in [1.29, 1.82) is 0 Å². The summed E-state index contributed by atoms with van der Waals surface area (Å²) in [5, 5.41) is 18.6.